The van der Waals surface area contributed by atoms with Crippen molar-refractivity contribution in [2.24, 2.45) is 5.92 Å². The molecule has 4 nitrogen and oxygen atoms in total. The molecule has 0 saturated heterocycles. The molecule has 120 valence electrons. The SMILES string of the molecule is CC(C)CC(C)OC(C)(CBr)CNC(=O)OC(C)(C)C. The predicted molar refractivity (Wildman–Crippen MR) is 86.4 cm³/mol. The van der Waals surface area contributed by atoms with Crippen LogP contribution in [0.4, 0.5) is 4.79 Å². The van der Waals surface area contributed by atoms with E-state index in [1.54, 1.807) is 0 Å². The third kappa shape index (κ3) is 9.59. The lowest BCUT2D eigenvalue weighted by Crippen LogP contribution is -2.47. The maximum atomic E-state index is 11.7. The lowest BCUT2D eigenvalue weighted by atomic mass is 10.1. The van der Waals surface area contributed by atoms with E-state index in [2.05, 4.69) is 42.0 Å². The Morgan fingerprint density at radius 2 is 1.75 bits per heavy atom. The minimum absolute atomic E-state index is 0.151. The number of halogens is 1. The minimum atomic E-state index is -0.485. The Balaban J connectivity index is 4.34. The van der Waals surface area contributed by atoms with Crippen molar-refractivity contribution < 1.29 is 14.3 Å². The van der Waals surface area contributed by atoms with E-state index in [9.17, 15) is 4.79 Å². The van der Waals surface area contributed by atoms with Gasteiger partial charge >= 0.3 is 6.09 Å². The topological polar surface area (TPSA) is 47.6 Å². The van der Waals surface area contributed by atoms with Gasteiger partial charge in [-0.3, -0.25) is 0 Å². The average molecular weight is 352 g/mol. The molecule has 0 aliphatic carbocycles. The molecule has 0 heterocycles. The van der Waals surface area contributed by atoms with E-state index < -0.39 is 17.3 Å². The second kappa shape index (κ2) is 8.23. The molecule has 0 rings (SSSR count). The molecule has 0 aliphatic heterocycles. The largest absolute Gasteiger partial charge is 0.444 e. The fourth-order valence-electron chi connectivity index (χ4n) is 1.89. The highest BCUT2D eigenvalue weighted by Gasteiger charge is 2.28. The van der Waals surface area contributed by atoms with Crippen LogP contribution in [0.1, 0.15) is 54.9 Å². The van der Waals surface area contributed by atoms with Gasteiger partial charge in [-0.1, -0.05) is 29.8 Å². The number of hydrogen-bond donors (Lipinski definition) is 1. The van der Waals surface area contributed by atoms with Crippen molar-refractivity contribution >= 4 is 22.0 Å². The van der Waals surface area contributed by atoms with Crippen LogP contribution in [0.2, 0.25) is 0 Å². The molecule has 2 unspecified atom stereocenters. The Bertz CT molecular complexity index is 302. The monoisotopic (exact) mass is 351 g/mol. The molecule has 2 atom stereocenters. The highest BCUT2D eigenvalue weighted by atomic mass is 79.9. The van der Waals surface area contributed by atoms with Crippen molar-refractivity contribution in [3.63, 3.8) is 0 Å². The van der Waals surface area contributed by atoms with Gasteiger partial charge in [-0.25, -0.2) is 4.79 Å². The number of hydrogen-bond acceptors (Lipinski definition) is 3. The molecule has 0 fully saturated rings. The Labute approximate surface area is 132 Å². The van der Waals surface area contributed by atoms with Gasteiger partial charge in [-0.2, -0.15) is 0 Å². The zero-order chi connectivity index (χ0) is 16.0. The molecule has 0 bridgehead atoms. The first-order chi connectivity index (χ1) is 8.97. The fraction of sp³-hybridized carbons (Fsp3) is 0.933. The van der Waals surface area contributed by atoms with Gasteiger partial charge in [0.2, 0.25) is 0 Å². The molecule has 20 heavy (non-hydrogen) atoms. The van der Waals surface area contributed by atoms with Gasteiger partial charge in [0, 0.05) is 5.33 Å². The summed E-state index contributed by atoms with van der Waals surface area (Å²) in [5, 5.41) is 3.42. The van der Waals surface area contributed by atoms with Crippen LogP contribution in [0, 0.1) is 5.92 Å². The molecule has 0 radical (unpaired) electrons. The van der Waals surface area contributed by atoms with E-state index in [0.29, 0.717) is 17.8 Å². The number of ether oxygens (including phenoxy) is 2. The highest BCUT2D eigenvalue weighted by Crippen LogP contribution is 2.19. The zero-order valence-corrected chi connectivity index (χ0v) is 15.5. The highest BCUT2D eigenvalue weighted by molar-refractivity contribution is 9.09. The van der Waals surface area contributed by atoms with E-state index >= 15 is 0 Å². The number of nitrogens with one attached hydrogen (secondary N) is 1. The smallest absolute Gasteiger partial charge is 0.407 e. The lowest BCUT2D eigenvalue weighted by molar-refractivity contribution is -0.0654. The van der Waals surface area contributed by atoms with Crippen molar-refractivity contribution in [2.45, 2.75) is 72.2 Å². The van der Waals surface area contributed by atoms with Gasteiger partial charge in [0.15, 0.2) is 0 Å². The van der Waals surface area contributed by atoms with Crippen LogP contribution in [0.3, 0.4) is 0 Å². The maximum Gasteiger partial charge on any atom is 0.407 e. The molecule has 5 heteroatoms. The normalized spacial score (nSPS) is 16.6. The maximum absolute atomic E-state index is 11.7. The third-order valence-electron chi connectivity index (χ3n) is 2.58. The van der Waals surface area contributed by atoms with Crippen LogP contribution >= 0.6 is 15.9 Å². The summed E-state index contributed by atoms with van der Waals surface area (Å²) in [6, 6.07) is 0. The zero-order valence-electron chi connectivity index (χ0n) is 13.9. The molecule has 0 aromatic rings. The van der Waals surface area contributed by atoms with E-state index in [-0.39, 0.29) is 6.10 Å². The van der Waals surface area contributed by atoms with Crippen molar-refractivity contribution in [2.75, 3.05) is 11.9 Å². The van der Waals surface area contributed by atoms with E-state index in [0.717, 1.165) is 6.42 Å². The van der Waals surface area contributed by atoms with Crippen molar-refractivity contribution in [1.82, 2.24) is 5.32 Å². The van der Waals surface area contributed by atoms with E-state index in [1.807, 2.05) is 27.7 Å². The summed E-state index contributed by atoms with van der Waals surface area (Å²) in [4.78, 5) is 11.7. The molecular weight excluding hydrogens is 322 g/mol. The van der Waals surface area contributed by atoms with Crippen LogP contribution in [-0.2, 0) is 9.47 Å². The number of alkyl halides is 1. The van der Waals surface area contributed by atoms with Gasteiger partial charge in [0.25, 0.3) is 0 Å². The van der Waals surface area contributed by atoms with Crippen LogP contribution in [0.15, 0.2) is 0 Å². The molecule has 0 aromatic heterocycles. The van der Waals surface area contributed by atoms with Crippen LogP contribution in [-0.4, -0.2) is 35.3 Å². The molecule has 0 spiro atoms. The first kappa shape index (κ1) is 19.7. The van der Waals surface area contributed by atoms with Gasteiger partial charge in [0.1, 0.15) is 5.60 Å². The summed E-state index contributed by atoms with van der Waals surface area (Å²) in [5.41, 5.74) is -0.925. The Morgan fingerprint density at radius 1 is 1.20 bits per heavy atom. The first-order valence-electron chi connectivity index (χ1n) is 7.18. The standard InChI is InChI=1S/C15H30BrNO3/c1-11(2)8-12(3)19-15(7,9-16)10-17-13(18)20-14(4,5)6/h11-12H,8-10H2,1-7H3,(H,17,18). The van der Waals surface area contributed by atoms with Gasteiger partial charge in [0.05, 0.1) is 18.2 Å². The fourth-order valence-corrected chi connectivity index (χ4v) is 2.22. The second-order valence-corrected chi connectivity index (χ2v) is 7.56. The molecule has 0 saturated carbocycles. The van der Waals surface area contributed by atoms with Crippen LogP contribution < -0.4 is 5.32 Å². The summed E-state index contributed by atoms with van der Waals surface area (Å²) < 4.78 is 11.3. The summed E-state index contributed by atoms with van der Waals surface area (Å²) in [6.45, 7) is 14.3. The van der Waals surface area contributed by atoms with E-state index in [1.165, 1.54) is 0 Å². The summed E-state index contributed by atoms with van der Waals surface area (Å²) in [6.07, 6.45) is 0.734. The average Bonchev–Trinajstić information content (AvgIpc) is 2.23. The molecular formula is C15H30BrNO3. The van der Waals surface area contributed by atoms with Crippen molar-refractivity contribution in [3.05, 3.63) is 0 Å². The van der Waals surface area contributed by atoms with Gasteiger partial charge in [-0.15, -0.1) is 0 Å². The summed E-state index contributed by atoms with van der Waals surface area (Å²) in [7, 11) is 0. The van der Waals surface area contributed by atoms with E-state index in [4.69, 9.17) is 9.47 Å². The van der Waals surface area contributed by atoms with Gasteiger partial charge in [-0.05, 0) is 47.0 Å². The number of carbonyl (C=O) groups excluding carboxylic acids is 1. The number of amides is 1. The van der Waals surface area contributed by atoms with Crippen LogP contribution in [0.5, 0.6) is 0 Å². The quantitative estimate of drug-likeness (QED) is 0.702. The minimum Gasteiger partial charge on any atom is -0.444 e. The summed E-state index contributed by atoms with van der Waals surface area (Å²) in [5.74, 6) is 0.586. The third-order valence-corrected chi connectivity index (χ3v) is 3.76. The predicted octanol–water partition coefficient (Wildman–Crippen LogP) is 4.12. The van der Waals surface area contributed by atoms with Crippen molar-refractivity contribution in [3.8, 4) is 0 Å². The summed E-state index contributed by atoms with van der Waals surface area (Å²) >= 11 is 3.46. The molecule has 0 aliphatic rings. The molecule has 0 aromatic carbocycles. The number of rotatable bonds is 7. The number of alkyl carbamates (subject to hydrolysis) is 1. The Kier molecular flexibility index (Phi) is 8.11. The second-order valence-electron chi connectivity index (χ2n) is 7.00. The Morgan fingerprint density at radius 3 is 2.15 bits per heavy atom. The molecule has 1 amide bonds. The first-order valence-corrected chi connectivity index (χ1v) is 8.30. The number of carbonyl (C=O) groups is 1. The van der Waals surface area contributed by atoms with Gasteiger partial charge < -0.3 is 14.8 Å². The van der Waals surface area contributed by atoms with Crippen LogP contribution in [0.25, 0.3) is 0 Å². The lowest BCUT2D eigenvalue weighted by Gasteiger charge is -2.32. The molecule has 1 N–H and O–H groups in total. The Hall–Kier alpha value is -0.290. The van der Waals surface area contributed by atoms with Crippen molar-refractivity contribution in [1.29, 1.82) is 0 Å².